The molecule has 1 heterocycles. The van der Waals surface area contributed by atoms with Gasteiger partial charge in [-0.3, -0.25) is 0 Å². The summed E-state index contributed by atoms with van der Waals surface area (Å²) < 4.78 is 1.20. The molecule has 0 aliphatic carbocycles. The molecular formula is C13H19BrN2S. The molecule has 17 heavy (non-hydrogen) atoms. The highest BCUT2D eigenvalue weighted by molar-refractivity contribution is 9.10. The Balaban J connectivity index is 2.14. The maximum atomic E-state index is 3.69. The first kappa shape index (κ1) is 13.2. The lowest BCUT2D eigenvalue weighted by Gasteiger charge is -2.27. The molecule has 0 saturated carbocycles. The highest BCUT2D eigenvalue weighted by atomic mass is 79.9. The molecule has 1 aliphatic heterocycles. The molecule has 0 radical (unpaired) electrons. The molecule has 0 spiro atoms. The van der Waals surface area contributed by atoms with Crippen LogP contribution in [0.25, 0.3) is 0 Å². The van der Waals surface area contributed by atoms with Crippen molar-refractivity contribution in [2.75, 3.05) is 30.5 Å². The Morgan fingerprint density at radius 1 is 1.53 bits per heavy atom. The number of thioether (sulfide) groups is 1. The number of hydrogen-bond acceptors (Lipinski definition) is 3. The number of benzene rings is 1. The largest absolute Gasteiger partial charge is 0.370 e. The smallest absolute Gasteiger partial charge is 0.0511 e. The summed E-state index contributed by atoms with van der Waals surface area (Å²) in [7, 11) is 4.18. The fourth-order valence-corrected chi connectivity index (χ4v) is 4.15. The van der Waals surface area contributed by atoms with Crippen LogP contribution in [0.4, 0.5) is 5.69 Å². The van der Waals surface area contributed by atoms with Crippen LogP contribution in [0.15, 0.2) is 22.7 Å². The molecule has 1 fully saturated rings. The second-order valence-corrected chi connectivity index (χ2v) is 6.45. The van der Waals surface area contributed by atoms with Crippen molar-refractivity contribution >= 4 is 33.4 Å². The van der Waals surface area contributed by atoms with Gasteiger partial charge in [0.15, 0.2) is 0 Å². The van der Waals surface area contributed by atoms with E-state index in [0.717, 1.165) is 6.54 Å². The highest BCUT2D eigenvalue weighted by Crippen LogP contribution is 2.31. The Hall–Kier alpha value is -0.190. The number of nitrogens with zero attached hydrogens (tertiary/aromatic N) is 1. The van der Waals surface area contributed by atoms with Gasteiger partial charge in [-0.05, 0) is 52.8 Å². The molecule has 0 bridgehead atoms. The van der Waals surface area contributed by atoms with Gasteiger partial charge in [0.1, 0.15) is 0 Å². The van der Waals surface area contributed by atoms with Crippen molar-refractivity contribution in [3.63, 3.8) is 0 Å². The Morgan fingerprint density at radius 3 is 2.94 bits per heavy atom. The Morgan fingerprint density at radius 2 is 2.35 bits per heavy atom. The predicted molar refractivity (Wildman–Crippen MR) is 81.0 cm³/mol. The molecule has 1 atom stereocenters. The van der Waals surface area contributed by atoms with Gasteiger partial charge in [-0.2, -0.15) is 11.8 Å². The van der Waals surface area contributed by atoms with Crippen molar-refractivity contribution in [3.8, 4) is 0 Å². The maximum absolute atomic E-state index is 3.69. The van der Waals surface area contributed by atoms with Crippen molar-refractivity contribution in [2.24, 2.45) is 0 Å². The van der Waals surface area contributed by atoms with Crippen LogP contribution in [-0.4, -0.2) is 31.6 Å². The summed E-state index contributed by atoms with van der Waals surface area (Å²) in [5.41, 5.74) is 2.62. The minimum Gasteiger partial charge on any atom is -0.370 e. The number of hydrogen-bond donors (Lipinski definition) is 1. The van der Waals surface area contributed by atoms with E-state index in [9.17, 15) is 0 Å². The minimum atomic E-state index is 0.687. The molecule has 4 heteroatoms. The van der Waals surface area contributed by atoms with E-state index in [1.165, 1.54) is 33.7 Å². The van der Waals surface area contributed by atoms with E-state index in [1.807, 2.05) is 7.05 Å². The van der Waals surface area contributed by atoms with Crippen molar-refractivity contribution in [1.29, 1.82) is 0 Å². The summed E-state index contributed by atoms with van der Waals surface area (Å²) in [4.78, 5) is 2.41. The van der Waals surface area contributed by atoms with E-state index in [-0.39, 0.29) is 0 Å². The molecule has 1 N–H and O–H groups in total. The fraction of sp³-hybridized carbons (Fsp3) is 0.538. The van der Waals surface area contributed by atoms with Crippen LogP contribution in [0.5, 0.6) is 0 Å². The van der Waals surface area contributed by atoms with E-state index in [2.05, 4.69) is 63.2 Å². The zero-order valence-corrected chi connectivity index (χ0v) is 12.8. The first-order valence-electron chi connectivity index (χ1n) is 5.96. The Kier molecular flexibility index (Phi) is 4.77. The van der Waals surface area contributed by atoms with E-state index >= 15 is 0 Å². The lowest BCUT2D eigenvalue weighted by molar-refractivity contribution is 0.698. The second kappa shape index (κ2) is 6.12. The van der Waals surface area contributed by atoms with Crippen LogP contribution in [-0.2, 0) is 6.54 Å². The first-order chi connectivity index (χ1) is 8.22. The summed E-state index contributed by atoms with van der Waals surface area (Å²) in [5, 5.41) is 3.18. The van der Waals surface area contributed by atoms with Gasteiger partial charge in [0, 0.05) is 29.9 Å². The molecule has 0 aromatic heterocycles. The van der Waals surface area contributed by atoms with Crippen LogP contribution in [0.1, 0.15) is 12.0 Å². The molecule has 94 valence electrons. The quantitative estimate of drug-likeness (QED) is 0.919. The number of rotatable bonds is 4. The number of anilines is 1. The number of halogens is 1. The van der Waals surface area contributed by atoms with Gasteiger partial charge in [-0.25, -0.2) is 0 Å². The van der Waals surface area contributed by atoms with E-state index in [4.69, 9.17) is 0 Å². The predicted octanol–water partition coefficient (Wildman–Crippen LogP) is 3.11. The summed E-state index contributed by atoms with van der Waals surface area (Å²) in [6.07, 6.45) is 1.30. The van der Waals surface area contributed by atoms with E-state index in [1.54, 1.807) is 0 Å². The first-order valence-corrected chi connectivity index (χ1v) is 7.90. The summed E-state index contributed by atoms with van der Waals surface area (Å²) in [6.45, 7) is 0.919. The average Bonchev–Trinajstić information content (AvgIpc) is 2.82. The van der Waals surface area contributed by atoms with Crippen LogP contribution in [0.3, 0.4) is 0 Å². The molecule has 1 aliphatic rings. The van der Waals surface area contributed by atoms with Gasteiger partial charge < -0.3 is 10.2 Å². The topological polar surface area (TPSA) is 15.3 Å². The van der Waals surface area contributed by atoms with E-state index in [0.29, 0.717) is 6.04 Å². The van der Waals surface area contributed by atoms with Gasteiger partial charge in [-0.15, -0.1) is 0 Å². The zero-order valence-electron chi connectivity index (χ0n) is 10.4. The minimum absolute atomic E-state index is 0.687. The normalized spacial score (nSPS) is 19.6. The molecule has 0 amide bonds. The van der Waals surface area contributed by atoms with Gasteiger partial charge in [0.05, 0.1) is 5.69 Å². The third-order valence-electron chi connectivity index (χ3n) is 3.23. The third kappa shape index (κ3) is 3.18. The molecule has 2 rings (SSSR count). The van der Waals surface area contributed by atoms with E-state index < -0.39 is 0 Å². The molecule has 1 aromatic rings. The van der Waals surface area contributed by atoms with Crippen LogP contribution in [0.2, 0.25) is 0 Å². The molecule has 1 aromatic carbocycles. The fourth-order valence-electron chi connectivity index (χ4n) is 2.17. The van der Waals surface area contributed by atoms with Crippen molar-refractivity contribution < 1.29 is 0 Å². The molecular weight excluding hydrogens is 296 g/mol. The van der Waals surface area contributed by atoms with Gasteiger partial charge in [0.2, 0.25) is 0 Å². The lowest BCUT2D eigenvalue weighted by atomic mass is 10.1. The average molecular weight is 315 g/mol. The number of nitrogens with one attached hydrogen (secondary N) is 1. The summed E-state index contributed by atoms with van der Waals surface area (Å²) in [5.74, 6) is 2.55. The molecule has 1 unspecified atom stereocenters. The zero-order chi connectivity index (χ0) is 12.3. The monoisotopic (exact) mass is 314 g/mol. The highest BCUT2D eigenvalue weighted by Gasteiger charge is 2.21. The lowest BCUT2D eigenvalue weighted by Crippen LogP contribution is -2.31. The SMILES string of the molecule is CNCc1ccc(N(C)C2CCSC2)c(Br)c1. The Labute approximate surface area is 116 Å². The van der Waals surface area contributed by atoms with Crippen LogP contribution < -0.4 is 10.2 Å². The second-order valence-electron chi connectivity index (χ2n) is 4.44. The Bertz CT molecular complexity index is 378. The summed E-state index contributed by atoms with van der Waals surface area (Å²) in [6, 6.07) is 7.32. The van der Waals surface area contributed by atoms with Gasteiger partial charge in [-0.1, -0.05) is 6.07 Å². The summed E-state index contributed by atoms with van der Waals surface area (Å²) >= 11 is 5.74. The van der Waals surface area contributed by atoms with Crippen molar-refractivity contribution in [3.05, 3.63) is 28.2 Å². The maximum Gasteiger partial charge on any atom is 0.0511 e. The standard InChI is InChI=1S/C13H19BrN2S/c1-15-8-10-3-4-13(12(14)7-10)16(2)11-5-6-17-9-11/h3-4,7,11,15H,5-6,8-9H2,1-2H3. The molecule has 2 nitrogen and oxygen atoms in total. The van der Waals surface area contributed by atoms with Crippen LogP contribution in [0, 0.1) is 0 Å². The van der Waals surface area contributed by atoms with Gasteiger partial charge in [0.25, 0.3) is 0 Å². The van der Waals surface area contributed by atoms with Gasteiger partial charge >= 0.3 is 0 Å². The van der Waals surface area contributed by atoms with Crippen LogP contribution >= 0.6 is 27.7 Å². The van der Waals surface area contributed by atoms with Crippen molar-refractivity contribution in [1.82, 2.24) is 5.32 Å². The van der Waals surface area contributed by atoms with Crippen molar-refractivity contribution in [2.45, 2.75) is 19.0 Å². The third-order valence-corrected chi connectivity index (χ3v) is 5.01. The molecule has 1 saturated heterocycles.